The Labute approximate surface area is 158 Å². The molecule has 0 heterocycles. The number of carboxylic acids is 1. The van der Waals surface area contributed by atoms with Gasteiger partial charge in [0.05, 0.1) is 6.42 Å². The highest BCUT2D eigenvalue weighted by atomic mass is 16.4. The first-order valence-corrected chi connectivity index (χ1v) is 8.69. The lowest BCUT2D eigenvalue weighted by molar-refractivity contribution is -0.138. The summed E-state index contributed by atoms with van der Waals surface area (Å²) in [5, 5.41) is 14.0. The Kier molecular flexibility index (Phi) is 6.34. The molecule has 0 aliphatic rings. The quantitative estimate of drug-likeness (QED) is 0.717. The van der Waals surface area contributed by atoms with E-state index in [1.54, 1.807) is 36.4 Å². The normalized spacial score (nSPS) is 10.9. The topological polar surface area (TPSA) is 95.5 Å². The van der Waals surface area contributed by atoms with Gasteiger partial charge in [0.25, 0.3) is 5.91 Å². The van der Waals surface area contributed by atoms with Gasteiger partial charge in [-0.2, -0.15) is 0 Å². The molecule has 6 nitrogen and oxygen atoms in total. The number of carbonyl (C=O) groups excluding carboxylic acids is 2. The number of carbonyl (C=O) groups is 3. The van der Waals surface area contributed by atoms with Gasteiger partial charge in [-0.25, -0.2) is 0 Å². The molecule has 0 bridgehead atoms. The van der Waals surface area contributed by atoms with Crippen molar-refractivity contribution in [1.29, 1.82) is 0 Å². The van der Waals surface area contributed by atoms with Gasteiger partial charge in [0, 0.05) is 23.4 Å². The summed E-state index contributed by atoms with van der Waals surface area (Å²) in [5.74, 6) is -1.66. The van der Waals surface area contributed by atoms with Crippen molar-refractivity contribution < 1.29 is 19.5 Å². The lowest BCUT2D eigenvalue weighted by Gasteiger charge is -2.19. The maximum Gasteiger partial charge on any atom is 0.303 e. The highest BCUT2D eigenvalue weighted by Gasteiger charge is 2.14. The lowest BCUT2D eigenvalue weighted by atomic mass is 9.87. The Bertz CT molecular complexity index is 836. The average Bonchev–Trinajstić information content (AvgIpc) is 2.59. The SMILES string of the molecule is CC(C)(C)c1ccc(C(=O)Nc2cccc(NC(=O)CCC(=O)O)c2)cc1. The van der Waals surface area contributed by atoms with Crippen LogP contribution in [0.4, 0.5) is 11.4 Å². The van der Waals surface area contributed by atoms with Gasteiger partial charge in [-0.1, -0.05) is 39.0 Å². The highest BCUT2D eigenvalue weighted by molar-refractivity contribution is 6.04. The molecule has 0 unspecified atom stereocenters. The Morgan fingerprint density at radius 3 is 2.04 bits per heavy atom. The van der Waals surface area contributed by atoms with Crippen molar-refractivity contribution >= 4 is 29.2 Å². The van der Waals surface area contributed by atoms with Crippen LogP contribution < -0.4 is 10.6 Å². The van der Waals surface area contributed by atoms with Gasteiger partial charge in [-0.15, -0.1) is 0 Å². The smallest absolute Gasteiger partial charge is 0.303 e. The zero-order valence-corrected chi connectivity index (χ0v) is 15.7. The van der Waals surface area contributed by atoms with Crippen LogP contribution in [0.1, 0.15) is 49.5 Å². The molecule has 2 aromatic carbocycles. The van der Waals surface area contributed by atoms with E-state index in [1.807, 2.05) is 12.1 Å². The van der Waals surface area contributed by atoms with Gasteiger partial charge in [0.15, 0.2) is 0 Å². The van der Waals surface area contributed by atoms with Gasteiger partial charge in [0.2, 0.25) is 5.91 Å². The number of anilines is 2. The number of rotatable bonds is 6. The zero-order valence-electron chi connectivity index (χ0n) is 15.7. The molecule has 0 saturated carbocycles. The van der Waals surface area contributed by atoms with Crippen LogP contribution in [0.5, 0.6) is 0 Å². The number of aliphatic carboxylic acids is 1. The van der Waals surface area contributed by atoms with Crippen LogP contribution in [0.15, 0.2) is 48.5 Å². The van der Waals surface area contributed by atoms with Crippen molar-refractivity contribution in [2.24, 2.45) is 0 Å². The number of hydrogen-bond acceptors (Lipinski definition) is 3. The third kappa shape index (κ3) is 6.26. The summed E-state index contributed by atoms with van der Waals surface area (Å²) >= 11 is 0. The van der Waals surface area contributed by atoms with Crippen molar-refractivity contribution in [3.8, 4) is 0 Å². The molecule has 2 rings (SSSR count). The lowest BCUT2D eigenvalue weighted by Crippen LogP contribution is -2.15. The largest absolute Gasteiger partial charge is 0.481 e. The molecule has 142 valence electrons. The van der Waals surface area contributed by atoms with E-state index in [1.165, 1.54) is 0 Å². The molecule has 3 N–H and O–H groups in total. The van der Waals surface area contributed by atoms with Crippen LogP contribution >= 0.6 is 0 Å². The van der Waals surface area contributed by atoms with Gasteiger partial charge in [0.1, 0.15) is 0 Å². The van der Waals surface area contributed by atoms with Gasteiger partial charge >= 0.3 is 5.97 Å². The summed E-state index contributed by atoms with van der Waals surface area (Å²) < 4.78 is 0. The van der Waals surface area contributed by atoms with Crippen LogP contribution in [-0.2, 0) is 15.0 Å². The van der Waals surface area contributed by atoms with Crippen molar-refractivity contribution in [3.05, 3.63) is 59.7 Å². The fourth-order valence-corrected chi connectivity index (χ4v) is 2.44. The second-order valence-electron chi connectivity index (χ2n) is 7.30. The zero-order chi connectivity index (χ0) is 20.0. The van der Waals surface area contributed by atoms with Crippen molar-refractivity contribution in [1.82, 2.24) is 0 Å². The number of nitrogens with one attached hydrogen (secondary N) is 2. The standard InChI is InChI=1S/C21H24N2O4/c1-21(2,3)15-9-7-14(8-10-15)20(27)23-17-6-4-5-16(13-17)22-18(24)11-12-19(25)26/h4-10,13H,11-12H2,1-3H3,(H,22,24)(H,23,27)(H,25,26). The minimum absolute atomic E-state index is 0.0161. The Balaban J connectivity index is 2.01. The van der Waals surface area contributed by atoms with Gasteiger partial charge < -0.3 is 15.7 Å². The molecule has 27 heavy (non-hydrogen) atoms. The summed E-state index contributed by atoms with van der Waals surface area (Å²) in [7, 11) is 0. The summed E-state index contributed by atoms with van der Waals surface area (Å²) in [6.45, 7) is 6.33. The second kappa shape index (κ2) is 8.49. The number of benzene rings is 2. The van der Waals surface area contributed by atoms with E-state index in [0.29, 0.717) is 16.9 Å². The van der Waals surface area contributed by atoms with Crippen LogP contribution in [0.3, 0.4) is 0 Å². The first kappa shape index (κ1) is 20.2. The first-order chi connectivity index (χ1) is 12.6. The number of hydrogen-bond donors (Lipinski definition) is 3. The van der Waals surface area contributed by atoms with E-state index in [2.05, 4.69) is 31.4 Å². The minimum Gasteiger partial charge on any atom is -0.481 e. The fraction of sp³-hybridized carbons (Fsp3) is 0.286. The van der Waals surface area contributed by atoms with E-state index in [4.69, 9.17) is 5.11 Å². The third-order valence-electron chi connectivity index (χ3n) is 3.98. The Hall–Kier alpha value is -3.15. The molecule has 0 aromatic heterocycles. The molecule has 0 aliphatic heterocycles. The summed E-state index contributed by atoms with van der Waals surface area (Å²) in [6.07, 6.45) is -0.334. The molecule has 0 saturated heterocycles. The fourth-order valence-electron chi connectivity index (χ4n) is 2.44. The molecule has 0 spiro atoms. The van der Waals surface area contributed by atoms with E-state index >= 15 is 0 Å². The molecule has 0 atom stereocenters. The Morgan fingerprint density at radius 1 is 0.889 bits per heavy atom. The first-order valence-electron chi connectivity index (χ1n) is 8.69. The molecular formula is C21H24N2O4. The predicted octanol–water partition coefficient (Wildman–Crippen LogP) is 4.04. The van der Waals surface area contributed by atoms with E-state index in [0.717, 1.165) is 5.56 Å². The monoisotopic (exact) mass is 368 g/mol. The highest BCUT2D eigenvalue weighted by Crippen LogP contribution is 2.23. The number of amides is 2. The summed E-state index contributed by atoms with van der Waals surface area (Å²) in [4.78, 5) is 34.7. The maximum absolute atomic E-state index is 12.4. The van der Waals surface area contributed by atoms with E-state index in [9.17, 15) is 14.4 Å². The molecule has 2 aromatic rings. The van der Waals surface area contributed by atoms with Crippen molar-refractivity contribution in [2.45, 2.75) is 39.0 Å². The van der Waals surface area contributed by atoms with Gasteiger partial charge in [-0.05, 0) is 41.3 Å². The average molecular weight is 368 g/mol. The minimum atomic E-state index is -1.02. The molecule has 2 amide bonds. The van der Waals surface area contributed by atoms with Gasteiger partial charge in [-0.3, -0.25) is 14.4 Å². The van der Waals surface area contributed by atoms with Crippen LogP contribution in [0.2, 0.25) is 0 Å². The predicted molar refractivity (Wildman–Crippen MR) is 105 cm³/mol. The number of carboxylic acid groups (broad SMARTS) is 1. The maximum atomic E-state index is 12.4. The second-order valence-corrected chi connectivity index (χ2v) is 7.30. The summed E-state index contributed by atoms with van der Waals surface area (Å²) in [6, 6.07) is 14.2. The third-order valence-corrected chi connectivity index (χ3v) is 3.98. The van der Waals surface area contributed by atoms with Crippen LogP contribution in [0.25, 0.3) is 0 Å². The molecule has 0 radical (unpaired) electrons. The molecular weight excluding hydrogens is 344 g/mol. The molecule has 0 aliphatic carbocycles. The molecule has 6 heteroatoms. The van der Waals surface area contributed by atoms with Crippen LogP contribution in [0, 0.1) is 0 Å². The van der Waals surface area contributed by atoms with E-state index in [-0.39, 0.29) is 24.2 Å². The van der Waals surface area contributed by atoms with E-state index < -0.39 is 11.9 Å². The summed E-state index contributed by atoms with van der Waals surface area (Å²) in [5.41, 5.74) is 2.73. The van der Waals surface area contributed by atoms with Crippen molar-refractivity contribution in [3.63, 3.8) is 0 Å². The van der Waals surface area contributed by atoms with Crippen LogP contribution in [-0.4, -0.2) is 22.9 Å². The van der Waals surface area contributed by atoms with Crippen molar-refractivity contribution in [2.75, 3.05) is 10.6 Å². The Morgan fingerprint density at radius 2 is 1.48 bits per heavy atom. The molecule has 0 fully saturated rings.